The zero-order chi connectivity index (χ0) is 22.9. The van der Waals surface area contributed by atoms with Gasteiger partial charge in [0.15, 0.2) is 0 Å². The molecule has 2 saturated heterocycles. The summed E-state index contributed by atoms with van der Waals surface area (Å²) >= 11 is 1.77. The van der Waals surface area contributed by atoms with Crippen LogP contribution in [-0.2, 0) is 6.54 Å². The molecule has 4 nitrogen and oxygen atoms in total. The Kier molecular flexibility index (Phi) is 6.83. The van der Waals surface area contributed by atoms with Gasteiger partial charge in [0.1, 0.15) is 10.8 Å². The average molecular weight is 468 g/mol. The van der Waals surface area contributed by atoms with Gasteiger partial charge >= 0.3 is 0 Å². The molecule has 180 valence electrons. The second-order valence-electron chi connectivity index (χ2n) is 11.2. The summed E-state index contributed by atoms with van der Waals surface area (Å²) in [5, 5.41) is 3.40. The van der Waals surface area contributed by atoms with Crippen LogP contribution in [0.4, 0.5) is 0 Å². The lowest BCUT2D eigenvalue weighted by molar-refractivity contribution is 0.0494. The summed E-state index contributed by atoms with van der Waals surface area (Å²) in [6.45, 7) is 11.4. The first-order chi connectivity index (χ1) is 16.0. The summed E-state index contributed by atoms with van der Waals surface area (Å²) in [6.07, 6.45) is 12.0. The van der Waals surface area contributed by atoms with Gasteiger partial charge in [0.25, 0.3) is 0 Å². The van der Waals surface area contributed by atoms with E-state index in [2.05, 4.69) is 60.2 Å². The molecule has 5 rings (SSSR count). The van der Waals surface area contributed by atoms with Gasteiger partial charge < -0.3 is 9.64 Å². The molecule has 1 unspecified atom stereocenters. The van der Waals surface area contributed by atoms with Crippen molar-refractivity contribution in [3.05, 3.63) is 35.3 Å². The molecule has 1 aliphatic carbocycles. The van der Waals surface area contributed by atoms with Gasteiger partial charge in [-0.25, -0.2) is 4.98 Å². The Morgan fingerprint density at radius 2 is 1.85 bits per heavy atom. The predicted molar refractivity (Wildman–Crippen MR) is 138 cm³/mol. The van der Waals surface area contributed by atoms with Gasteiger partial charge in [0.2, 0.25) is 0 Å². The number of ether oxygens (including phenoxy) is 1. The van der Waals surface area contributed by atoms with E-state index in [1.54, 1.807) is 11.3 Å². The highest BCUT2D eigenvalue weighted by Gasteiger charge is 2.51. The Balaban J connectivity index is 1.16. The van der Waals surface area contributed by atoms with E-state index in [1.165, 1.54) is 69.2 Å². The van der Waals surface area contributed by atoms with E-state index in [4.69, 9.17) is 9.72 Å². The first-order valence-corrected chi connectivity index (χ1v) is 14.0. The summed E-state index contributed by atoms with van der Waals surface area (Å²) in [6, 6.07) is 9.28. The van der Waals surface area contributed by atoms with Crippen molar-refractivity contribution in [2.75, 3.05) is 19.7 Å². The molecule has 1 saturated carbocycles. The van der Waals surface area contributed by atoms with Gasteiger partial charge in [0.05, 0.1) is 12.3 Å². The van der Waals surface area contributed by atoms with Crippen molar-refractivity contribution in [3.63, 3.8) is 0 Å². The predicted octanol–water partition coefficient (Wildman–Crippen LogP) is 6.75. The maximum atomic E-state index is 6.01. The van der Waals surface area contributed by atoms with E-state index >= 15 is 0 Å². The van der Waals surface area contributed by atoms with Crippen molar-refractivity contribution in [3.8, 4) is 16.3 Å². The fourth-order valence-corrected chi connectivity index (χ4v) is 7.35. The minimum atomic E-state index is 0.278. The molecule has 2 aliphatic heterocycles. The molecule has 33 heavy (non-hydrogen) atoms. The Morgan fingerprint density at radius 1 is 1.06 bits per heavy atom. The molecule has 0 bridgehead atoms. The van der Waals surface area contributed by atoms with E-state index in [0.717, 1.165) is 42.9 Å². The van der Waals surface area contributed by atoms with Gasteiger partial charge in [-0.05, 0) is 96.5 Å². The van der Waals surface area contributed by atoms with Crippen LogP contribution in [0, 0.1) is 0 Å². The highest BCUT2D eigenvalue weighted by molar-refractivity contribution is 7.13. The standard InChI is InChI=1S/C28H41N3OS/c1-22-8-6-17-30(22)18-7-19-32-25-11-9-23(10-12-25)26-29-24(21-33-26)20-31-27(2,3)15-16-28(31)13-4-5-14-28/h9-12,21-22H,4-8,13-20H2,1-3H3. The second-order valence-corrected chi connectivity index (χ2v) is 12.1. The fourth-order valence-electron chi connectivity index (χ4n) is 6.54. The largest absolute Gasteiger partial charge is 0.494 e. The van der Waals surface area contributed by atoms with Crippen LogP contribution in [0.25, 0.3) is 10.6 Å². The third-order valence-corrected chi connectivity index (χ3v) is 9.50. The van der Waals surface area contributed by atoms with Crippen LogP contribution in [0.15, 0.2) is 29.6 Å². The third-order valence-electron chi connectivity index (χ3n) is 8.56. The number of hydrogen-bond donors (Lipinski definition) is 0. The van der Waals surface area contributed by atoms with Crippen LogP contribution in [0.2, 0.25) is 0 Å². The molecule has 3 fully saturated rings. The summed E-state index contributed by atoms with van der Waals surface area (Å²) in [5.74, 6) is 0.965. The van der Waals surface area contributed by atoms with Gasteiger partial charge in [-0.3, -0.25) is 4.90 Å². The molecule has 1 spiro atoms. The fraction of sp³-hybridized carbons (Fsp3) is 0.679. The monoisotopic (exact) mass is 467 g/mol. The number of hydrogen-bond acceptors (Lipinski definition) is 5. The van der Waals surface area contributed by atoms with E-state index in [-0.39, 0.29) is 5.54 Å². The molecule has 1 aromatic heterocycles. The molecule has 3 heterocycles. The van der Waals surface area contributed by atoms with Crippen LogP contribution in [0.3, 0.4) is 0 Å². The summed E-state index contributed by atoms with van der Waals surface area (Å²) in [4.78, 5) is 10.4. The first kappa shape index (κ1) is 23.3. The molecule has 0 radical (unpaired) electrons. The van der Waals surface area contributed by atoms with Crippen LogP contribution in [0.5, 0.6) is 5.75 Å². The van der Waals surface area contributed by atoms with E-state index in [0.29, 0.717) is 5.54 Å². The minimum Gasteiger partial charge on any atom is -0.494 e. The maximum Gasteiger partial charge on any atom is 0.123 e. The maximum absolute atomic E-state index is 6.01. The molecular weight excluding hydrogens is 426 g/mol. The van der Waals surface area contributed by atoms with E-state index < -0.39 is 0 Å². The average Bonchev–Trinajstić information content (AvgIpc) is 3.59. The molecule has 3 aliphatic rings. The number of nitrogens with zero attached hydrogens (tertiary/aromatic N) is 3. The first-order valence-electron chi connectivity index (χ1n) is 13.1. The number of aromatic nitrogens is 1. The highest BCUT2D eigenvalue weighted by atomic mass is 32.1. The Labute approximate surface area is 204 Å². The lowest BCUT2D eigenvalue weighted by atomic mass is 9.94. The van der Waals surface area contributed by atoms with Crippen molar-refractivity contribution in [1.82, 2.24) is 14.8 Å². The second kappa shape index (κ2) is 9.67. The minimum absolute atomic E-state index is 0.278. The quantitative estimate of drug-likeness (QED) is 0.402. The normalized spacial score (nSPS) is 24.8. The van der Waals surface area contributed by atoms with Crippen molar-refractivity contribution < 1.29 is 4.74 Å². The van der Waals surface area contributed by atoms with Crippen LogP contribution < -0.4 is 4.74 Å². The number of benzene rings is 1. The van der Waals surface area contributed by atoms with Crippen molar-refractivity contribution in [2.45, 2.75) is 102 Å². The molecule has 0 amide bonds. The Bertz CT molecular complexity index is 915. The zero-order valence-corrected chi connectivity index (χ0v) is 21.6. The Morgan fingerprint density at radius 3 is 2.58 bits per heavy atom. The van der Waals surface area contributed by atoms with Gasteiger partial charge in [-0.15, -0.1) is 11.3 Å². The number of likely N-dealkylation sites (tertiary alicyclic amines) is 2. The van der Waals surface area contributed by atoms with Crippen molar-refractivity contribution in [2.24, 2.45) is 0 Å². The highest BCUT2D eigenvalue weighted by Crippen LogP contribution is 2.50. The lowest BCUT2D eigenvalue weighted by Crippen LogP contribution is -2.49. The molecule has 2 aromatic rings. The third kappa shape index (κ3) is 5.01. The van der Waals surface area contributed by atoms with E-state index in [9.17, 15) is 0 Å². The topological polar surface area (TPSA) is 28.6 Å². The smallest absolute Gasteiger partial charge is 0.123 e. The lowest BCUT2D eigenvalue weighted by Gasteiger charge is -2.42. The van der Waals surface area contributed by atoms with Crippen LogP contribution >= 0.6 is 11.3 Å². The van der Waals surface area contributed by atoms with Gasteiger partial charge in [-0.1, -0.05) is 12.8 Å². The zero-order valence-electron chi connectivity index (χ0n) is 20.8. The molecule has 1 atom stereocenters. The molecule has 5 heteroatoms. The van der Waals surface area contributed by atoms with E-state index in [1.807, 2.05) is 0 Å². The van der Waals surface area contributed by atoms with Crippen molar-refractivity contribution in [1.29, 1.82) is 0 Å². The SMILES string of the molecule is CC1CCCN1CCCOc1ccc(-c2nc(CN3C(C)(C)CCC34CCCC4)cs2)cc1. The summed E-state index contributed by atoms with van der Waals surface area (Å²) in [5.41, 5.74) is 3.13. The Hall–Kier alpha value is -1.43. The number of rotatable bonds is 8. The molecule has 1 aromatic carbocycles. The van der Waals surface area contributed by atoms with Crippen LogP contribution in [0.1, 0.15) is 84.3 Å². The summed E-state index contributed by atoms with van der Waals surface area (Å²) < 4.78 is 6.01. The molecule has 0 N–H and O–H groups in total. The van der Waals surface area contributed by atoms with Gasteiger partial charge in [-0.2, -0.15) is 0 Å². The van der Waals surface area contributed by atoms with Gasteiger partial charge in [0, 0.05) is 41.2 Å². The summed E-state index contributed by atoms with van der Waals surface area (Å²) in [7, 11) is 0. The molecular formula is C28H41N3OS. The van der Waals surface area contributed by atoms with Crippen LogP contribution in [-0.4, -0.2) is 51.6 Å². The van der Waals surface area contributed by atoms with Crippen molar-refractivity contribution >= 4 is 11.3 Å². The number of thiazole rings is 1.